The van der Waals surface area contributed by atoms with Crippen LogP contribution in [0.2, 0.25) is 0 Å². The molecule has 1 aromatic carbocycles. The molecule has 0 spiro atoms. The molecule has 0 saturated heterocycles. The molecule has 0 aliphatic heterocycles. The van der Waals surface area contributed by atoms with Crippen LogP contribution < -0.4 is 5.73 Å². The van der Waals surface area contributed by atoms with Gasteiger partial charge in [-0.25, -0.2) is 0 Å². The predicted octanol–water partition coefficient (Wildman–Crippen LogP) is 2.90. The highest BCUT2D eigenvalue weighted by Gasteiger charge is 2.29. The lowest BCUT2D eigenvalue weighted by Gasteiger charge is -2.35. The number of benzene rings is 1. The Labute approximate surface area is 87.5 Å². The van der Waals surface area contributed by atoms with Crippen molar-refractivity contribution >= 4 is 15.9 Å². The maximum Gasteiger partial charge on any atom is 0.0210 e. The Balaban J connectivity index is 2.07. The number of rotatable bonds is 2. The molecule has 0 atom stereocenters. The third kappa shape index (κ3) is 1.79. The Morgan fingerprint density at radius 1 is 1.31 bits per heavy atom. The standard InChI is InChI=1S/C11H14BrN/c12-11-4-2-1-3-10(11)9-5-8(6-9)7-13/h1-4,8-9H,5-7,13H2. The zero-order valence-corrected chi connectivity index (χ0v) is 9.13. The largest absolute Gasteiger partial charge is 0.330 e. The molecule has 1 aliphatic carbocycles. The second-order valence-corrected chi connectivity index (χ2v) is 4.65. The van der Waals surface area contributed by atoms with E-state index in [-0.39, 0.29) is 0 Å². The minimum Gasteiger partial charge on any atom is -0.330 e. The first kappa shape index (κ1) is 9.22. The maximum atomic E-state index is 5.60. The van der Waals surface area contributed by atoms with Crippen molar-refractivity contribution in [2.75, 3.05) is 6.54 Å². The average molecular weight is 240 g/mol. The van der Waals surface area contributed by atoms with Gasteiger partial charge < -0.3 is 5.73 Å². The molecule has 1 saturated carbocycles. The van der Waals surface area contributed by atoms with Crippen molar-refractivity contribution in [3.05, 3.63) is 34.3 Å². The van der Waals surface area contributed by atoms with Crippen LogP contribution in [-0.2, 0) is 0 Å². The summed E-state index contributed by atoms with van der Waals surface area (Å²) in [5, 5.41) is 0. The normalized spacial score (nSPS) is 26.9. The molecule has 13 heavy (non-hydrogen) atoms. The summed E-state index contributed by atoms with van der Waals surface area (Å²) < 4.78 is 1.25. The third-order valence-electron chi connectivity index (χ3n) is 2.91. The van der Waals surface area contributed by atoms with Gasteiger partial charge in [-0.3, -0.25) is 0 Å². The molecule has 2 rings (SSSR count). The smallest absolute Gasteiger partial charge is 0.0210 e. The van der Waals surface area contributed by atoms with Gasteiger partial charge in [0.2, 0.25) is 0 Å². The van der Waals surface area contributed by atoms with Crippen LogP contribution in [0.3, 0.4) is 0 Å². The van der Waals surface area contributed by atoms with Crippen molar-refractivity contribution in [2.45, 2.75) is 18.8 Å². The lowest BCUT2D eigenvalue weighted by Crippen LogP contribution is -2.28. The molecule has 70 valence electrons. The second kappa shape index (κ2) is 3.81. The molecule has 1 aliphatic rings. The molecule has 1 fully saturated rings. The summed E-state index contributed by atoms with van der Waals surface area (Å²) in [6.07, 6.45) is 2.53. The zero-order valence-electron chi connectivity index (χ0n) is 7.54. The van der Waals surface area contributed by atoms with Gasteiger partial charge in [-0.05, 0) is 42.9 Å². The van der Waals surface area contributed by atoms with Gasteiger partial charge in [-0.1, -0.05) is 34.1 Å². The Morgan fingerprint density at radius 3 is 2.62 bits per heavy atom. The number of hydrogen-bond acceptors (Lipinski definition) is 1. The van der Waals surface area contributed by atoms with Crippen LogP contribution in [0.4, 0.5) is 0 Å². The quantitative estimate of drug-likeness (QED) is 0.845. The summed E-state index contributed by atoms with van der Waals surface area (Å²) in [5.74, 6) is 1.50. The van der Waals surface area contributed by atoms with Crippen LogP contribution in [0.15, 0.2) is 28.7 Å². The molecule has 2 heteroatoms. The van der Waals surface area contributed by atoms with Gasteiger partial charge in [0.1, 0.15) is 0 Å². The van der Waals surface area contributed by atoms with E-state index in [4.69, 9.17) is 5.73 Å². The van der Waals surface area contributed by atoms with Crippen LogP contribution in [0.5, 0.6) is 0 Å². The molecular formula is C11H14BrN. The first-order valence-electron chi connectivity index (χ1n) is 4.75. The van der Waals surface area contributed by atoms with E-state index in [0.29, 0.717) is 0 Å². The predicted molar refractivity (Wildman–Crippen MR) is 58.7 cm³/mol. The fourth-order valence-electron chi connectivity index (χ4n) is 1.99. The summed E-state index contributed by atoms with van der Waals surface area (Å²) in [4.78, 5) is 0. The number of nitrogens with two attached hydrogens (primary N) is 1. The van der Waals surface area contributed by atoms with E-state index in [1.807, 2.05) is 0 Å². The zero-order chi connectivity index (χ0) is 9.26. The lowest BCUT2D eigenvalue weighted by molar-refractivity contribution is 0.271. The van der Waals surface area contributed by atoms with Gasteiger partial charge in [0.05, 0.1) is 0 Å². The van der Waals surface area contributed by atoms with Gasteiger partial charge in [-0.2, -0.15) is 0 Å². The molecule has 0 heterocycles. The molecule has 1 nitrogen and oxygen atoms in total. The van der Waals surface area contributed by atoms with Crippen molar-refractivity contribution in [3.8, 4) is 0 Å². The molecule has 0 aromatic heterocycles. The summed E-state index contributed by atoms with van der Waals surface area (Å²) in [6.45, 7) is 0.848. The highest BCUT2D eigenvalue weighted by molar-refractivity contribution is 9.10. The van der Waals surface area contributed by atoms with Gasteiger partial charge in [0.15, 0.2) is 0 Å². The molecule has 0 unspecified atom stereocenters. The monoisotopic (exact) mass is 239 g/mol. The molecule has 0 bridgehead atoms. The van der Waals surface area contributed by atoms with E-state index < -0.39 is 0 Å². The highest BCUT2D eigenvalue weighted by atomic mass is 79.9. The first-order valence-corrected chi connectivity index (χ1v) is 5.55. The first-order chi connectivity index (χ1) is 6.31. The van der Waals surface area contributed by atoms with Crippen LogP contribution >= 0.6 is 15.9 Å². The van der Waals surface area contributed by atoms with Crippen molar-refractivity contribution in [1.29, 1.82) is 0 Å². The van der Waals surface area contributed by atoms with Crippen molar-refractivity contribution in [1.82, 2.24) is 0 Å². The van der Waals surface area contributed by atoms with Gasteiger partial charge in [-0.15, -0.1) is 0 Å². The third-order valence-corrected chi connectivity index (χ3v) is 3.64. The topological polar surface area (TPSA) is 26.0 Å². The van der Waals surface area contributed by atoms with Gasteiger partial charge in [0, 0.05) is 4.47 Å². The van der Waals surface area contributed by atoms with E-state index in [1.165, 1.54) is 22.9 Å². The van der Waals surface area contributed by atoms with E-state index >= 15 is 0 Å². The fraction of sp³-hybridized carbons (Fsp3) is 0.455. The van der Waals surface area contributed by atoms with Crippen LogP contribution in [0, 0.1) is 5.92 Å². The highest BCUT2D eigenvalue weighted by Crippen LogP contribution is 2.43. The average Bonchev–Trinajstić information content (AvgIpc) is 2.06. The minimum absolute atomic E-state index is 0.740. The molecule has 0 radical (unpaired) electrons. The van der Waals surface area contributed by atoms with E-state index in [0.717, 1.165) is 18.4 Å². The van der Waals surface area contributed by atoms with Crippen molar-refractivity contribution in [3.63, 3.8) is 0 Å². The Morgan fingerprint density at radius 2 is 2.00 bits per heavy atom. The minimum atomic E-state index is 0.740. The second-order valence-electron chi connectivity index (χ2n) is 3.79. The number of hydrogen-bond donors (Lipinski definition) is 1. The van der Waals surface area contributed by atoms with Gasteiger partial charge in [0.25, 0.3) is 0 Å². The summed E-state index contributed by atoms with van der Waals surface area (Å²) in [7, 11) is 0. The maximum absolute atomic E-state index is 5.60. The van der Waals surface area contributed by atoms with Crippen molar-refractivity contribution < 1.29 is 0 Å². The molecule has 0 amide bonds. The number of halogens is 1. The van der Waals surface area contributed by atoms with E-state index in [1.54, 1.807) is 0 Å². The molecular weight excluding hydrogens is 226 g/mol. The Kier molecular flexibility index (Phi) is 2.70. The van der Waals surface area contributed by atoms with E-state index in [2.05, 4.69) is 40.2 Å². The molecule has 2 N–H and O–H groups in total. The Hall–Kier alpha value is -0.340. The fourth-order valence-corrected chi connectivity index (χ4v) is 2.60. The summed E-state index contributed by atoms with van der Waals surface area (Å²) >= 11 is 3.58. The van der Waals surface area contributed by atoms with Gasteiger partial charge >= 0.3 is 0 Å². The van der Waals surface area contributed by atoms with E-state index in [9.17, 15) is 0 Å². The van der Waals surface area contributed by atoms with Crippen LogP contribution in [0.1, 0.15) is 24.3 Å². The Bertz CT molecular complexity index is 292. The van der Waals surface area contributed by atoms with Crippen LogP contribution in [0.25, 0.3) is 0 Å². The lowest BCUT2D eigenvalue weighted by atomic mass is 9.71. The molecule has 1 aromatic rings. The summed E-state index contributed by atoms with van der Waals surface area (Å²) in [6, 6.07) is 8.50. The van der Waals surface area contributed by atoms with Crippen LogP contribution in [-0.4, -0.2) is 6.54 Å². The summed E-state index contributed by atoms with van der Waals surface area (Å²) in [5.41, 5.74) is 7.05. The SMILES string of the molecule is NCC1CC(c2ccccc2Br)C1. The van der Waals surface area contributed by atoms with Crippen molar-refractivity contribution in [2.24, 2.45) is 11.7 Å².